The fourth-order valence-corrected chi connectivity index (χ4v) is 3.51. The largest absolute Gasteiger partial charge is 0.504 e. The molecule has 0 amide bonds. The molecular weight excluding hydrogens is 472 g/mol. The van der Waals surface area contributed by atoms with Crippen molar-refractivity contribution in [2.75, 3.05) is 0 Å². The molecule has 7 N–H and O–H groups in total. The summed E-state index contributed by atoms with van der Waals surface area (Å²) in [5, 5.41) is 69.8. The minimum absolute atomic E-state index is 0.134. The number of phenols is 6. The number of rotatable bonds is 8. The number of carboxylic acid groups (broad SMARTS) is 1. The molecule has 0 heterocycles. The summed E-state index contributed by atoms with van der Waals surface area (Å²) in [6, 6.07) is 8.40. The van der Waals surface area contributed by atoms with Crippen LogP contribution in [0.1, 0.15) is 16.7 Å². The number of ether oxygens (including phenoxy) is 1. The summed E-state index contributed by atoms with van der Waals surface area (Å²) in [4.78, 5) is 24.6. The zero-order chi connectivity index (χ0) is 26.7. The number of aromatic hydroxyl groups is 6. The van der Waals surface area contributed by atoms with Crippen LogP contribution in [0, 0.1) is 0 Å². The maximum absolute atomic E-state index is 12.9. The number of phenolic OH excluding ortho intramolecular Hbond substituents is 6. The highest BCUT2D eigenvalue weighted by Crippen LogP contribution is 2.49. The second-order valence-corrected chi connectivity index (χ2v) is 7.70. The van der Waals surface area contributed by atoms with Crippen LogP contribution in [0.2, 0.25) is 0 Å². The quantitative estimate of drug-likeness (QED) is 0.139. The summed E-state index contributed by atoms with van der Waals surface area (Å²) >= 11 is 0. The summed E-state index contributed by atoms with van der Waals surface area (Å²) < 4.78 is 5.12. The molecule has 0 aromatic heterocycles. The van der Waals surface area contributed by atoms with E-state index in [1.165, 1.54) is 30.3 Å². The third kappa shape index (κ3) is 4.87. The fraction of sp³-hybridized carbons (Fsp3) is 0.0769. The lowest BCUT2D eigenvalue weighted by molar-refractivity contribution is -0.159. The van der Waals surface area contributed by atoms with Crippen LogP contribution < -0.4 is 0 Å². The SMILES string of the molecule is C=Cc1ccc(O)c(O)c1-c1c(C(=C)C(=O)OC(Cc2ccc(O)c(O)c2)C(=O)O)ccc(O)c1O. The molecule has 0 aliphatic carbocycles. The number of carbonyl (C=O) groups is 2. The topological polar surface area (TPSA) is 185 Å². The van der Waals surface area contributed by atoms with Gasteiger partial charge in [-0.2, -0.15) is 0 Å². The van der Waals surface area contributed by atoms with Crippen molar-refractivity contribution in [2.24, 2.45) is 0 Å². The van der Waals surface area contributed by atoms with E-state index in [4.69, 9.17) is 4.74 Å². The van der Waals surface area contributed by atoms with Gasteiger partial charge in [0.25, 0.3) is 0 Å². The minimum Gasteiger partial charge on any atom is -0.504 e. The highest BCUT2D eigenvalue weighted by atomic mass is 16.6. The molecule has 0 fully saturated rings. The van der Waals surface area contributed by atoms with E-state index in [9.17, 15) is 45.3 Å². The van der Waals surface area contributed by atoms with Gasteiger partial charge in [0.15, 0.2) is 34.5 Å². The van der Waals surface area contributed by atoms with Gasteiger partial charge in [-0.1, -0.05) is 31.4 Å². The maximum Gasteiger partial charge on any atom is 0.345 e. The Kier molecular flexibility index (Phi) is 7.10. The van der Waals surface area contributed by atoms with Crippen molar-refractivity contribution in [1.82, 2.24) is 0 Å². The molecule has 10 nitrogen and oxygen atoms in total. The molecule has 0 aliphatic heterocycles. The summed E-state index contributed by atoms with van der Waals surface area (Å²) in [5.74, 6) is -6.19. The number of carbonyl (C=O) groups excluding carboxylic acids is 1. The van der Waals surface area contributed by atoms with Crippen LogP contribution in [0.3, 0.4) is 0 Å². The average molecular weight is 494 g/mol. The van der Waals surface area contributed by atoms with Crippen LogP contribution in [0.4, 0.5) is 0 Å². The Hall–Kier alpha value is -5.12. The van der Waals surface area contributed by atoms with E-state index < -0.39 is 58.1 Å². The molecular formula is C26H22O10. The lowest BCUT2D eigenvalue weighted by Gasteiger charge is -2.19. The predicted octanol–water partition coefficient (Wildman–Crippen LogP) is 3.48. The van der Waals surface area contributed by atoms with Gasteiger partial charge in [0.1, 0.15) is 0 Å². The highest BCUT2D eigenvalue weighted by molar-refractivity contribution is 6.18. The van der Waals surface area contributed by atoms with Gasteiger partial charge in [-0.3, -0.25) is 0 Å². The molecule has 3 rings (SSSR count). The molecule has 10 heteroatoms. The first-order chi connectivity index (χ1) is 17.0. The van der Waals surface area contributed by atoms with Gasteiger partial charge < -0.3 is 40.5 Å². The average Bonchev–Trinajstić information content (AvgIpc) is 2.84. The zero-order valence-electron chi connectivity index (χ0n) is 18.7. The smallest absolute Gasteiger partial charge is 0.345 e. The molecule has 36 heavy (non-hydrogen) atoms. The van der Waals surface area contributed by atoms with Crippen LogP contribution in [-0.2, 0) is 20.7 Å². The summed E-state index contributed by atoms with van der Waals surface area (Å²) in [7, 11) is 0. The normalized spacial score (nSPS) is 11.4. The molecule has 1 atom stereocenters. The molecule has 0 radical (unpaired) electrons. The molecule has 0 bridgehead atoms. The molecule has 1 unspecified atom stereocenters. The Balaban J connectivity index is 2.02. The molecule has 186 valence electrons. The zero-order valence-corrected chi connectivity index (χ0v) is 18.7. The van der Waals surface area contributed by atoms with E-state index in [1.54, 1.807) is 0 Å². The predicted molar refractivity (Wildman–Crippen MR) is 129 cm³/mol. The molecule has 0 spiro atoms. The van der Waals surface area contributed by atoms with Crippen molar-refractivity contribution in [3.05, 3.63) is 72.3 Å². The summed E-state index contributed by atoms with van der Waals surface area (Å²) in [6.07, 6.45) is -0.773. The minimum atomic E-state index is -1.72. The van der Waals surface area contributed by atoms with E-state index in [2.05, 4.69) is 13.2 Å². The fourth-order valence-electron chi connectivity index (χ4n) is 3.51. The van der Waals surface area contributed by atoms with Gasteiger partial charge in [-0.15, -0.1) is 0 Å². The Labute approximate surface area is 204 Å². The molecule has 3 aromatic carbocycles. The number of benzene rings is 3. The van der Waals surface area contributed by atoms with Crippen LogP contribution in [0.5, 0.6) is 34.5 Å². The van der Waals surface area contributed by atoms with Gasteiger partial charge >= 0.3 is 11.9 Å². The third-order valence-corrected chi connectivity index (χ3v) is 5.37. The number of carboxylic acids is 1. The maximum atomic E-state index is 12.9. The van der Waals surface area contributed by atoms with Gasteiger partial charge in [0, 0.05) is 23.1 Å². The second-order valence-electron chi connectivity index (χ2n) is 7.70. The Morgan fingerprint density at radius 2 is 1.42 bits per heavy atom. The first-order valence-corrected chi connectivity index (χ1v) is 10.3. The van der Waals surface area contributed by atoms with Crippen molar-refractivity contribution in [3.8, 4) is 45.6 Å². The van der Waals surface area contributed by atoms with E-state index in [0.29, 0.717) is 0 Å². The van der Waals surface area contributed by atoms with Crippen molar-refractivity contribution in [2.45, 2.75) is 12.5 Å². The first-order valence-electron chi connectivity index (χ1n) is 10.3. The van der Waals surface area contributed by atoms with Crippen molar-refractivity contribution in [1.29, 1.82) is 0 Å². The second kappa shape index (κ2) is 10.0. The lowest BCUT2D eigenvalue weighted by Crippen LogP contribution is -2.29. The first kappa shape index (κ1) is 25.5. The van der Waals surface area contributed by atoms with Crippen LogP contribution in [-0.4, -0.2) is 53.8 Å². The monoisotopic (exact) mass is 494 g/mol. The Morgan fingerprint density at radius 1 is 0.833 bits per heavy atom. The van der Waals surface area contributed by atoms with Gasteiger partial charge in [-0.05, 0) is 41.5 Å². The summed E-state index contributed by atoms with van der Waals surface area (Å²) in [6.45, 7) is 7.24. The molecule has 0 saturated heterocycles. The molecule has 0 aliphatic rings. The van der Waals surface area contributed by atoms with E-state index >= 15 is 0 Å². The van der Waals surface area contributed by atoms with Crippen molar-refractivity contribution >= 4 is 23.6 Å². The van der Waals surface area contributed by atoms with Crippen LogP contribution >= 0.6 is 0 Å². The van der Waals surface area contributed by atoms with Crippen LogP contribution in [0.15, 0.2) is 55.6 Å². The van der Waals surface area contributed by atoms with Crippen molar-refractivity contribution in [3.63, 3.8) is 0 Å². The van der Waals surface area contributed by atoms with Gasteiger partial charge in [-0.25, -0.2) is 9.59 Å². The van der Waals surface area contributed by atoms with Crippen molar-refractivity contribution < 1.29 is 50.1 Å². The number of aliphatic carboxylic acids is 1. The highest BCUT2D eigenvalue weighted by Gasteiger charge is 2.29. The van der Waals surface area contributed by atoms with E-state index in [0.717, 1.165) is 18.2 Å². The van der Waals surface area contributed by atoms with Crippen LogP contribution in [0.25, 0.3) is 22.8 Å². The van der Waals surface area contributed by atoms with Gasteiger partial charge in [0.2, 0.25) is 6.10 Å². The van der Waals surface area contributed by atoms with Gasteiger partial charge in [0.05, 0.1) is 5.57 Å². The lowest BCUT2D eigenvalue weighted by atomic mass is 9.90. The Bertz CT molecular complexity index is 1390. The molecule has 3 aromatic rings. The number of esters is 1. The van der Waals surface area contributed by atoms with E-state index in [1.807, 2.05) is 0 Å². The number of hydrogen-bond donors (Lipinski definition) is 7. The standard InChI is InChI=1S/C26H22O10/c1-3-14-5-8-17(28)23(31)21(14)22-15(6-9-18(29)24(22)32)12(2)26(35)36-20(25(33)34)11-13-4-7-16(27)19(30)10-13/h3-10,20,27-32H,1-2,11H2,(H,33,34). The summed E-state index contributed by atoms with van der Waals surface area (Å²) in [5.41, 5.74) is -0.542. The van der Waals surface area contributed by atoms with E-state index in [-0.39, 0.29) is 34.2 Å². The third-order valence-electron chi connectivity index (χ3n) is 5.37. The molecule has 0 saturated carbocycles. The Morgan fingerprint density at radius 3 is 2.00 bits per heavy atom. The number of hydrogen-bond acceptors (Lipinski definition) is 9.